The topological polar surface area (TPSA) is 67.7 Å². The van der Waals surface area contributed by atoms with E-state index in [-0.39, 0.29) is 5.84 Å². The van der Waals surface area contributed by atoms with Gasteiger partial charge >= 0.3 is 0 Å². The van der Waals surface area contributed by atoms with Crippen LogP contribution in [0.3, 0.4) is 0 Å². The summed E-state index contributed by atoms with van der Waals surface area (Å²) in [7, 11) is 1.97. The van der Waals surface area contributed by atoms with Crippen LogP contribution < -0.4 is 5.73 Å². The van der Waals surface area contributed by atoms with E-state index in [2.05, 4.69) is 4.98 Å². The van der Waals surface area contributed by atoms with Gasteiger partial charge in [0.05, 0.1) is 5.84 Å². The molecule has 72 valence electrons. The van der Waals surface area contributed by atoms with Crippen molar-refractivity contribution in [3.8, 4) is 0 Å². The lowest BCUT2D eigenvalue weighted by Crippen LogP contribution is -2.09. The van der Waals surface area contributed by atoms with E-state index in [0.29, 0.717) is 6.42 Å². The first-order valence-electron chi connectivity index (χ1n) is 4.13. The molecule has 0 bridgehead atoms. The van der Waals surface area contributed by atoms with Gasteiger partial charge < -0.3 is 10.3 Å². The smallest absolute Gasteiger partial charge is 0.167 e. The molecule has 1 aromatic heterocycles. The maximum atomic E-state index is 7.04. The van der Waals surface area contributed by atoms with Crippen molar-refractivity contribution < 1.29 is 0 Å². The number of nitrogens with one attached hydrogen (secondary N) is 1. The molecular formula is C8H14N4S. The molecule has 0 saturated heterocycles. The molecule has 0 spiro atoms. The average molecular weight is 198 g/mol. The quantitative estimate of drug-likeness (QED) is 0.323. The molecule has 0 aliphatic carbocycles. The van der Waals surface area contributed by atoms with E-state index >= 15 is 0 Å². The molecule has 0 fully saturated rings. The highest BCUT2D eigenvalue weighted by atomic mass is 32.2. The molecule has 0 aromatic carbocycles. The number of imidazole rings is 1. The van der Waals surface area contributed by atoms with Crippen LogP contribution in [0.1, 0.15) is 12.8 Å². The highest BCUT2D eigenvalue weighted by Gasteiger charge is 1.99. The summed E-state index contributed by atoms with van der Waals surface area (Å²) in [4.78, 5) is 4.17. The van der Waals surface area contributed by atoms with Crippen molar-refractivity contribution >= 4 is 17.6 Å². The molecule has 0 aliphatic rings. The lowest BCUT2D eigenvalue weighted by Gasteiger charge is -2.00. The molecule has 0 atom stereocenters. The third-order valence-electron chi connectivity index (χ3n) is 1.60. The second kappa shape index (κ2) is 4.91. The van der Waals surface area contributed by atoms with Crippen molar-refractivity contribution in [2.45, 2.75) is 18.0 Å². The van der Waals surface area contributed by atoms with Gasteiger partial charge in [-0.3, -0.25) is 5.41 Å². The predicted molar refractivity (Wildman–Crippen MR) is 55.1 cm³/mol. The van der Waals surface area contributed by atoms with Crippen molar-refractivity contribution in [2.75, 3.05) is 5.75 Å². The lowest BCUT2D eigenvalue weighted by molar-refractivity contribution is 0.788. The van der Waals surface area contributed by atoms with Crippen molar-refractivity contribution in [2.24, 2.45) is 12.8 Å². The Hall–Kier alpha value is -0.970. The molecule has 0 radical (unpaired) electrons. The van der Waals surface area contributed by atoms with Crippen LogP contribution in [0.15, 0.2) is 17.6 Å². The summed E-state index contributed by atoms with van der Waals surface area (Å²) in [5, 5.41) is 8.05. The summed E-state index contributed by atoms with van der Waals surface area (Å²) in [6.07, 6.45) is 5.32. The highest BCUT2D eigenvalue weighted by Crippen LogP contribution is 2.15. The first kappa shape index (κ1) is 10.1. The maximum absolute atomic E-state index is 7.04. The number of aryl methyl sites for hydroxylation is 1. The number of thioether (sulfide) groups is 1. The number of rotatable bonds is 5. The predicted octanol–water partition coefficient (Wildman–Crippen LogP) is 1.23. The van der Waals surface area contributed by atoms with Crippen molar-refractivity contribution in [1.29, 1.82) is 5.41 Å². The summed E-state index contributed by atoms with van der Waals surface area (Å²) in [6, 6.07) is 0. The van der Waals surface area contributed by atoms with E-state index in [1.165, 1.54) is 0 Å². The fourth-order valence-corrected chi connectivity index (χ4v) is 1.79. The van der Waals surface area contributed by atoms with Crippen molar-refractivity contribution in [1.82, 2.24) is 9.55 Å². The Morgan fingerprint density at radius 1 is 1.77 bits per heavy atom. The number of aromatic nitrogens is 2. The standard InChI is InChI=1S/C8H14N4S/c1-12-5-4-11-8(12)13-6-2-3-7(9)10/h4-5H,2-3,6H2,1H3,(H3,9,10). The molecule has 0 amide bonds. The Morgan fingerprint density at radius 2 is 2.54 bits per heavy atom. The summed E-state index contributed by atoms with van der Waals surface area (Å²) in [5.74, 6) is 1.23. The number of hydrogen-bond acceptors (Lipinski definition) is 3. The molecule has 4 nitrogen and oxygen atoms in total. The van der Waals surface area contributed by atoms with Crippen LogP contribution in [0, 0.1) is 5.41 Å². The molecule has 1 aromatic rings. The molecule has 5 heteroatoms. The van der Waals surface area contributed by atoms with Crippen LogP contribution in [0.2, 0.25) is 0 Å². The Balaban J connectivity index is 2.20. The third-order valence-corrected chi connectivity index (χ3v) is 2.74. The van der Waals surface area contributed by atoms with E-state index < -0.39 is 0 Å². The van der Waals surface area contributed by atoms with Gasteiger partial charge in [-0.15, -0.1) is 0 Å². The minimum Gasteiger partial charge on any atom is -0.388 e. The van der Waals surface area contributed by atoms with E-state index in [0.717, 1.165) is 17.3 Å². The zero-order chi connectivity index (χ0) is 9.68. The van der Waals surface area contributed by atoms with Gasteiger partial charge in [0.25, 0.3) is 0 Å². The fraction of sp³-hybridized carbons (Fsp3) is 0.500. The van der Waals surface area contributed by atoms with E-state index in [1.54, 1.807) is 18.0 Å². The zero-order valence-electron chi connectivity index (χ0n) is 7.66. The van der Waals surface area contributed by atoms with Crippen LogP contribution >= 0.6 is 11.8 Å². The summed E-state index contributed by atoms with van der Waals surface area (Å²) in [5.41, 5.74) is 5.24. The first-order valence-corrected chi connectivity index (χ1v) is 5.11. The van der Waals surface area contributed by atoms with Gasteiger partial charge in [-0.25, -0.2) is 4.98 Å². The largest absolute Gasteiger partial charge is 0.388 e. The Labute approximate surface area is 82.0 Å². The Bertz CT molecular complexity index is 281. The number of nitrogens with zero attached hydrogens (tertiary/aromatic N) is 2. The Morgan fingerprint density at radius 3 is 3.08 bits per heavy atom. The summed E-state index contributed by atoms with van der Waals surface area (Å²) in [6.45, 7) is 0. The van der Waals surface area contributed by atoms with Gasteiger partial charge in [-0.1, -0.05) is 11.8 Å². The molecule has 0 aliphatic heterocycles. The molecule has 1 rings (SSSR count). The van der Waals surface area contributed by atoms with Gasteiger partial charge in [-0.2, -0.15) is 0 Å². The fourth-order valence-electron chi connectivity index (χ4n) is 0.917. The van der Waals surface area contributed by atoms with Gasteiger partial charge in [0.15, 0.2) is 5.16 Å². The zero-order valence-corrected chi connectivity index (χ0v) is 8.47. The monoisotopic (exact) mass is 198 g/mol. The summed E-state index contributed by atoms with van der Waals surface area (Å²) >= 11 is 1.70. The van der Waals surface area contributed by atoms with Crippen LogP contribution in [0.25, 0.3) is 0 Å². The summed E-state index contributed by atoms with van der Waals surface area (Å²) < 4.78 is 1.98. The number of hydrogen-bond donors (Lipinski definition) is 2. The first-order chi connectivity index (χ1) is 6.20. The minimum absolute atomic E-state index is 0.264. The maximum Gasteiger partial charge on any atom is 0.167 e. The number of amidine groups is 1. The molecule has 0 unspecified atom stereocenters. The van der Waals surface area contributed by atoms with E-state index in [1.807, 2.05) is 17.8 Å². The van der Waals surface area contributed by atoms with Crippen molar-refractivity contribution in [3.63, 3.8) is 0 Å². The molecule has 3 N–H and O–H groups in total. The molecule has 13 heavy (non-hydrogen) atoms. The van der Waals surface area contributed by atoms with Gasteiger partial charge in [0, 0.05) is 31.6 Å². The van der Waals surface area contributed by atoms with Crippen LogP contribution in [-0.2, 0) is 7.05 Å². The molecular weight excluding hydrogens is 184 g/mol. The molecule has 0 saturated carbocycles. The lowest BCUT2D eigenvalue weighted by atomic mass is 10.3. The van der Waals surface area contributed by atoms with Crippen molar-refractivity contribution in [3.05, 3.63) is 12.4 Å². The second-order valence-electron chi connectivity index (χ2n) is 2.80. The minimum atomic E-state index is 0.264. The van der Waals surface area contributed by atoms with E-state index in [4.69, 9.17) is 11.1 Å². The van der Waals surface area contributed by atoms with Crippen LogP contribution in [0.4, 0.5) is 0 Å². The second-order valence-corrected chi connectivity index (χ2v) is 3.86. The van der Waals surface area contributed by atoms with Crippen LogP contribution in [0.5, 0.6) is 0 Å². The van der Waals surface area contributed by atoms with Gasteiger partial charge in [0.1, 0.15) is 0 Å². The average Bonchev–Trinajstić information content (AvgIpc) is 2.45. The van der Waals surface area contributed by atoms with Crippen LogP contribution in [-0.4, -0.2) is 21.1 Å². The van der Waals surface area contributed by atoms with Gasteiger partial charge in [-0.05, 0) is 6.42 Å². The van der Waals surface area contributed by atoms with E-state index in [9.17, 15) is 0 Å². The SMILES string of the molecule is Cn1ccnc1SCCCC(=N)N. The highest BCUT2D eigenvalue weighted by molar-refractivity contribution is 7.99. The molecule has 1 heterocycles. The number of nitrogens with two attached hydrogens (primary N) is 1. The Kier molecular flexibility index (Phi) is 3.82. The third kappa shape index (κ3) is 3.50. The van der Waals surface area contributed by atoms with Gasteiger partial charge in [0.2, 0.25) is 0 Å². The normalized spacial score (nSPS) is 10.2.